The fraction of sp³-hybridized carbons (Fsp3) is 1.00. The van der Waals surface area contributed by atoms with E-state index in [4.69, 9.17) is 0 Å². The minimum Gasteiger partial charge on any atom is -0.312 e. The van der Waals surface area contributed by atoms with Gasteiger partial charge in [0.2, 0.25) is 0 Å². The van der Waals surface area contributed by atoms with Crippen molar-refractivity contribution in [2.24, 2.45) is 0 Å². The Morgan fingerprint density at radius 1 is 1.00 bits per heavy atom. The molecule has 0 aromatic carbocycles. The predicted molar refractivity (Wildman–Crippen MR) is 25.4 cm³/mol. The van der Waals surface area contributed by atoms with Crippen LogP contribution < -0.4 is 0 Å². The van der Waals surface area contributed by atoms with Gasteiger partial charge < -0.3 is 4.90 Å². The van der Waals surface area contributed by atoms with Crippen molar-refractivity contribution in [3.8, 4) is 0 Å². The van der Waals surface area contributed by atoms with E-state index < -0.39 is 0 Å². The molecule has 0 heterocycles. The molecular weight excluding hydrogens is 57.0 g/mol. The molecule has 0 saturated carbocycles. The summed E-state index contributed by atoms with van der Waals surface area (Å²) in [5.41, 5.74) is 0. The molecule has 0 fully saturated rings. The molecule has 2 heteroatoms. The summed E-state index contributed by atoms with van der Waals surface area (Å²) in [5, 5.41) is 0. The number of hydrogen-bond donors (Lipinski definition) is 0. The standard InChI is InChI=1S/C3H9N.Li/c1-4(2)3;/h1-3H3;. The Morgan fingerprint density at radius 2 is 1.00 bits per heavy atom. The van der Waals surface area contributed by atoms with Crippen LogP contribution in [-0.4, -0.2) is 44.9 Å². The molecule has 5 heavy (non-hydrogen) atoms. The molecule has 0 saturated heterocycles. The molecule has 0 unspecified atom stereocenters. The Hall–Kier alpha value is 0.557. The van der Waals surface area contributed by atoms with Gasteiger partial charge in [-0.3, -0.25) is 0 Å². The minimum absolute atomic E-state index is 0. The molecule has 0 spiro atoms. The zero-order chi connectivity index (χ0) is 3.58. The van der Waals surface area contributed by atoms with Crippen LogP contribution in [0.1, 0.15) is 0 Å². The summed E-state index contributed by atoms with van der Waals surface area (Å²) < 4.78 is 0. The SMILES string of the molecule is CN(C)C.[Li]. The normalized spacial score (nSPS) is 7.20. The van der Waals surface area contributed by atoms with Crippen molar-refractivity contribution in [1.82, 2.24) is 4.90 Å². The maximum atomic E-state index is 2.00. The van der Waals surface area contributed by atoms with Crippen molar-refractivity contribution >= 4 is 18.9 Å². The predicted octanol–water partition coefficient (Wildman–Crippen LogP) is -0.203. The van der Waals surface area contributed by atoms with Crippen molar-refractivity contribution in [3.63, 3.8) is 0 Å². The van der Waals surface area contributed by atoms with Gasteiger partial charge in [-0.1, -0.05) is 0 Å². The van der Waals surface area contributed by atoms with Gasteiger partial charge in [-0.05, 0) is 21.1 Å². The molecule has 1 radical (unpaired) electrons. The van der Waals surface area contributed by atoms with Gasteiger partial charge in [-0.25, -0.2) is 0 Å². The van der Waals surface area contributed by atoms with E-state index in [1.807, 2.05) is 26.0 Å². The number of rotatable bonds is 0. The summed E-state index contributed by atoms with van der Waals surface area (Å²) in [7, 11) is 6.00. The van der Waals surface area contributed by atoms with Crippen molar-refractivity contribution in [3.05, 3.63) is 0 Å². The summed E-state index contributed by atoms with van der Waals surface area (Å²) in [6.07, 6.45) is 0. The number of hydrogen-bond acceptors (Lipinski definition) is 1. The molecule has 0 aliphatic rings. The van der Waals surface area contributed by atoms with Gasteiger partial charge in [-0.15, -0.1) is 0 Å². The summed E-state index contributed by atoms with van der Waals surface area (Å²) in [6, 6.07) is 0. The second-order valence-electron chi connectivity index (χ2n) is 1.34. The van der Waals surface area contributed by atoms with E-state index in [2.05, 4.69) is 0 Å². The van der Waals surface area contributed by atoms with E-state index in [-0.39, 0.29) is 18.9 Å². The quantitative estimate of drug-likeness (QED) is 0.354. The van der Waals surface area contributed by atoms with Gasteiger partial charge in [0, 0.05) is 18.9 Å². The Morgan fingerprint density at radius 3 is 1.00 bits per heavy atom. The number of nitrogens with zero attached hydrogens (tertiary/aromatic N) is 1. The van der Waals surface area contributed by atoms with Crippen molar-refractivity contribution in [1.29, 1.82) is 0 Å². The van der Waals surface area contributed by atoms with Gasteiger partial charge in [0.1, 0.15) is 0 Å². The van der Waals surface area contributed by atoms with Crippen LogP contribution >= 0.6 is 0 Å². The third-order valence-electron chi connectivity index (χ3n) is 0. The van der Waals surface area contributed by atoms with Crippen LogP contribution in [0.2, 0.25) is 0 Å². The molecule has 0 aromatic heterocycles. The monoisotopic (exact) mass is 66.1 g/mol. The summed E-state index contributed by atoms with van der Waals surface area (Å²) in [5.74, 6) is 0. The van der Waals surface area contributed by atoms with E-state index in [0.29, 0.717) is 0 Å². The average Bonchev–Trinajstić information content (AvgIpc) is 0.811. The van der Waals surface area contributed by atoms with Crippen LogP contribution in [0.25, 0.3) is 0 Å². The molecule has 0 atom stereocenters. The van der Waals surface area contributed by atoms with E-state index in [9.17, 15) is 0 Å². The van der Waals surface area contributed by atoms with Crippen LogP contribution in [0.5, 0.6) is 0 Å². The molecule has 27 valence electrons. The van der Waals surface area contributed by atoms with E-state index in [1.54, 1.807) is 0 Å². The Bertz CT molecular complexity index is 11.6. The average molecular weight is 66.1 g/mol. The first kappa shape index (κ1) is 9.12. The summed E-state index contributed by atoms with van der Waals surface area (Å²) in [6.45, 7) is 0. The maximum Gasteiger partial charge on any atom is 0 e. The van der Waals surface area contributed by atoms with E-state index in [1.165, 1.54) is 0 Å². The third-order valence-corrected chi connectivity index (χ3v) is 0. The smallest absolute Gasteiger partial charge is 0 e. The van der Waals surface area contributed by atoms with Crippen LogP contribution in [0.3, 0.4) is 0 Å². The second-order valence-corrected chi connectivity index (χ2v) is 1.34. The molecule has 0 aliphatic heterocycles. The van der Waals surface area contributed by atoms with Crippen LogP contribution in [-0.2, 0) is 0 Å². The van der Waals surface area contributed by atoms with Gasteiger partial charge in [-0.2, -0.15) is 0 Å². The molecule has 0 rings (SSSR count). The van der Waals surface area contributed by atoms with E-state index >= 15 is 0 Å². The zero-order valence-corrected chi connectivity index (χ0v) is 4.45. The Kier molecular flexibility index (Phi) is 8.31. The van der Waals surface area contributed by atoms with Crippen LogP contribution in [0, 0.1) is 0 Å². The van der Waals surface area contributed by atoms with Gasteiger partial charge in [0.25, 0.3) is 0 Å². The minimum atomic E-state index is 0. The maximum absolute atomic E-state index is 2.00. The Balaban J connectivity index is 0. The fourth-order valence-electron chi connectivity index (χ4n) is 0. The third kappa shape index (κ3) is 95.9. The Labute approximate surface area is 45.5 Å². The molecule has 0 aliphatic carbocycles. The van der Waals surface area contributed by atoms with Crippen molar-refractivity contribution in [2.75, 3.05) is 21.1 Å². The molecule has 0 N–H and O–H groups in total. The molecule has 0 aromatic rings. The fourth-order valence-corrected chi connectivity index (χ4v) is 0. The van der Waals surface area contributed by atoms with Gasteiger partial charge in [0.15, 0.2) is 0 Å². The molecule has 0 bridgehead atoms. The largest absolute Gasteiger partial charge is 0.312 e. The van der Waals surface area contributed by atoms with Crippen LogP contribution in [0.4, 0.5) is 0 Å². The summed E-state index contributed by atoms with van der Waals surface area (Å²) in [4.78, 5) is 2.00. The van der Waals surface area contributed by atoms with Gasteiger partial charge in [0.05, 0.1) is 0 Å². The summed E-state index contributed by atoms with van der Waals surface area (Å²) >= 11 is 0. The molecule has 0 amide bonds. The first-order valence-electron chi connectivity index (χ1n) is 1.34. The first-order valence-corrected chi connectivity index (χ1v) is 1.34. The molecular formula is C3H9LiN. The van der Waals surface area contributed by atoms with Crippen molar-refractivity contribution < 1.29 is 0 Å². The topological polar surface area (TPSA) is 3.24 Å². The van der Waals surface area contributed by atoms with E-state index in [0.717, 1.165) is 0 Å². The zero-order valence-electron chi connectivity index (χ0n) is 4.45. The molecule has 1 nitrogen and oxygen atoms in total. The van der Waals surface area contributed by atoms with Crippen LogP contribution in [0.15, 0.2) is 0 Å². The van der Waals surface area contributed by atoms with Gasteiger partial charge >= 0.3 is 0 Å². The first-order chi connectivity index (χ1) is 1.73. The second kappa shape index (κ2) is 4.56. The van der Waals surface area contributed by atoms with Crippen molar-refractivity contribution in [2.45, 2.75) is 0 Å².